The molecular formula is C18H34O2Si. The number of Topliss-reactive ketones (excluding diaryl/α,β-unsaturated/α-hetero) is 1. The van der Waals surface area contributed by atoms with Gasteiger partial charge in [0.2, 0.25) is 0 Å². The highest BCUT2D eigenvalue weighted by Gasteiger charge is 2.50. The fourth-order valence-corrected chi connectivity index (χ4v) is 5.48. The van der Waals surface area contributed by atoms with E-state index in [-0.39, 0.29) is 11.0 Å². The van der Waals surface area contributed by atoms with Crippen molar-refractivity contribution in [3.05, 3.63) is 0 Å². The summed E-state index contributed by atoms with van der Waals surface area (Å²) >= 11 is 0. The summed E-state index contributed by atoms with van der Waals surface area (Å²) in [7, 11) is -1.74. The van der Waals surface area contributed by atoms with Crippen molar-refractivity contribution in [1.82, 2.24) is 0 Å². The first kappa shape index (κ1) is 17.2. The van der Waals surface area contributed by atoms with Gasteiger partial charge in [-0.2, -0.15) is 0 Å². The largest absolute Gasteiger partial charge is 0.414 e. The van der Waals surface area contributed by atoms with Crippen molar-refractivity contribution in [1.29, 1.82) is 0 Å². The summed E-state index contributed by atoms with van der Waals surface area (Å²) in [5, 5.41) is 0.243. The zero-order valence-corrected chi connectivity index (χ0v) is 16.0. The molecule has 2 aliphatic rings. The van der Waals surface area contributed by atoms with Crippen LogP contribution >= 0.6 is 0 Å². The van der Waals surface area contributed by atoms with E-state index in [4.69, 9.17) is 4.43 Å². The molecule has 0 N–H and O–H groups in total. The zero-order chi connectivity index (χ0) is 16.0. The number of carbonyl (C=O) groups is 1. The van der Waals surface area contributed by atoms with Crippen LogP contribution in [-0.2, 0) is 9.22 Å². The van der Waals surface area contributed by atoms with E-state index in [9.17, 15) is 4.79 Å². The first-order valence-corrected chi connectivity index (χ1v) is 11.7. The second-order valence-electron chi connectivity index (χ2n) is 9.04. The Morgan fingerprint density at radius 2 is 1.81 bits per heavy atom. The van der Waals surface area contributed by atoms with Gasteiger partial charge in [-0.1, -0.05) is 34.6 Å². The van der Waals surface area contributed by atoms with Gasteiger partial charge in [0.15, 0.2) is 8.32 Å². The molecule has 122 valence electrons. The monoisotopic (exact) mass is 310 g/mol. The minimum absolute atomic E-state index is 0.243. The second-order valence-corrected chi connectivity index (χ2v) is 13.8. The second kappa shape index (κ2) is 5.81. The topological polar surface area (TPSA) is 26.3 Å². The van der Waals surface area contributed by atoms with Gasteiger partial charge < -0.3 is 4.43 Å². The maximum absolute atomic E-state index is 12.5. The molecule has 0 amide bonds. The Hall–Kier alpha value is -0.153. The van der Waals surface area contributed by atoms with E-state index in [0.717, 1.165) is 19.3 Å². The van der Waals surface area contributed by atoms with E-state index in [1.807, 2.05) is 0 Å². The molecule has 0 aromatic carbocycles. The molecule has 0 aromatic rings. The van der Waals surface area contributed by atoms with Crippen LogP contribution in [0.1, 0.15) is 60.3 Å². The average Bonchev–Trinajstić information content (AvgIpc) is 2.57. The Morgan fingerprint density at radius 1 is 1.19 bits per heavy atom. The van der Waals surface area contributed by atoms with Crippen molar-refractivity contribution in [2.45, 2.75) is 84.5 Å². The van der Waals surface area contributed by atoms with Crippen LogP contribution in [0.15, 0.2) is 0 Å². The number of rotatable bonds is 2. The minimum atomic E-state index is -1.74. The van der Waals surface area contributed by atoms with Gasteiger partial charge in [-0.25, -0.2) is 0 Å². The number of ketones is 1. The number of carbonyl (C=O) groups excluding carboxylic acids is 1. The summed E-state index contributed by atoms with van der Waals surface area (Å²) < 4.78 is 6.69. The third-order valence-electron chi connectivity index (χ3n) is 6.56. The Balaban J connectivity index is 2.16. The molecule has 2 rings (SSSR count). The fourth-order valence-electron chi connectivity index (χ4n) is 4.06. The number of hydrogen-bond donors (Lipinski definition) is 0. The molecule has 3 heteroatoms. The molecule has 5 atom stereocenters. The molecule has 2 aliphatic carbocycles. The lowest BCUT2D eigenvalue weighted by Crippen LogP contribution is -2.45. The molecule has 2 fully saturated rings. The normalized spacial score (nSPS) is 38.2. The molecule has 0 spiro atoms. The molecule has 0 radical (unpaired) electrons. The highest BCUT2D eigenvalue weighted by Crippen LogP contribution is 2.49. The third kappa shape index (κ3) is 3.29. The lowest BCUT2D eigenvalue weighted by atomic mass is 9.81. The third-order valence-corrected chi connectivity index (χ3v) is 11.1. The van der Waals surface area contributed by atoms with Gasteiger partial charge in [-0.15, -0.1) is 0 Å². The Morgan fingerprint density at radius 3 is 2.38 bits per heavy atom. The van der Waals surface area contributed by atoms with Crippen molar-refractivity contribution in [2.24, 2.45) is 23.7 Å². The predicted octanol–water partition coefficient (Wildman–Crippen LogP) is 5.04. The van der Waals surface area contributed by atoms with Crippen LogP contribution in [0.3, 0.4) is 0 Å². The van der Waals surface area contributed by atoms with Crippen LogP contribution < -0.4 is 0 Å². The maximum Gasteiger partial charge on any atom is 0.192 e. The summed E-state index contributed by atoms with van der Waals surface area (Å²) in [5.41, 5.74) is 0. The van der Waals surface area contributed by atoms with Crippen molar-refractivity contribution < 1.29 is 9.22 Å². The summed E-state index contributed by atoms with van der Waals surface area (Å²) in [4.78, 5) is 12.5. The lowest BCUT2D eigenvalue weighted by molar-refractivity contribution is -0.125. The van der Waals surface area contributed by atoms with E-state index in [0.29, 0.717) is 29.6 Å². The highest BCUT2D eigenvalue weighted by atomic mass is 28.4. The molecule has 0 aromatic heterocycles. The smallest absolute Gasteiger partial charge is 0.192 e. The van der Waals surface area contributed by atoms with Gasteiger partial charge in [0.25, 0.3) is 0 Å². The van der Waals surface area contributed by atoms with Crippen molar-refractivity contribution in [2.75, 3.05) is 0 Å². The minimum Gasteiger partial charge on any atom is -0.414 e. The van der Waals surface area contributed by atoms with E-state index in [1.165, 1.54) is 6.42 Å². The van der Waals surface area contributed by atoms with Gasteiger partial charge in [0.05, 0.1) is 0 Å². The molecule has 0 heterocycles. The van der Waals surface area contributed by atoms with Crippen LogP contribution in [0.4, 0.5) is 0 Å². The molecule has 2 saturated carbocycles. The van der Waals surface area contributed by atoms with Gasteiger partial charge in [-0.3, -0.25) is 4.79 Å². The first-order valence-electron chi connectivity index (χ1n) is 8.75. The van der Waals surface area contributed by atoms with Gasteiger partial charge in [0.1, 0.15) is 5.78 Å². The molecule has 2 nitrogen and oxygen atoms in total. The van der Waals surface area contributed by atoms with Gasteiger partial charge >= 0.3 is 0 Å². The van der Waals surface area contributed by atoms with Crippen LogP contribution in [0.5, 0.6) is 0 Å². The van der Waals surface area contributed by atoms with E-state index < -0.39 is 8.32 Å². The van der Waals surface area contributed by atoms with Crippen molar-refractivity contribution in [3.8, 4) is 0 Å². The maximum atomic E-state index is 12.5. The van der Waals surface area contributed by atoms with Crippen molar-refractivity contribution in [3.63, 3.8) is 0 Å². The van der Waals surface area contributed by atoms with E-state index in [1.54, 1.807) is 0 Å². The standard InChI is InChI=1S/C18H34O2Si/c1-12-9-8-10-15(19)17-13(2)16(11-14(12)17)20-21(6,7)18(3,4)5/h12-14,16-17H,8-11H2,1-7H3/t12-,13-,14-,16-,17+/m0/s1. The zero-order valence-electron chi connectivity index (χ0n) is 15.0. The average molecular weight is 311 g/mol. The number of fused-ring (bicyclic) bond motifs is 1. The fraction of sp³-hybridized carbons (Fsp3) is 0.944. The Kier molecular flexibility index (Phi) is 4.76. The summed E-state index contributed by atoms with van der Waals surface area (Å²) in [6.45, 7) is 16.2. The van der Waals surface area contributed by atoms with Crippen molar-refractivity contribution >= 4 is 14.1 Å². The van der Waals surface area contributed by atoms with Crippen LogP contribution in [0.2, 0.25) is 18.1 Å². The SMILES string of the molecule is C[C@@H]1[C@H]2C(=O)CCC[C@H](C)[C@@H]2C[C@@H]1O[Si](C)(C)C(C)(C)C. The van der Waals surface area contributed by atoms with E-state index >= 15 is 0 Å². The molecule has 0 saturated heterocycles. The Labute approximate surface area is 132 Å². The van der Waals surface area contributed by atoms with Gasteiger partial charge in [0, 0.05) is 18.4 Å². The van der Waals surface area contributed by atoms with Crippen LogP contribution in [-0.4, -0.2) is 20.2 Å². The predicted molar refractivity (Wildman–Crippen MR) is 90.9 cm³/mol. The van der Waals surface area contributed by atoms with Gasteiger partial charge in [-0.05, 0) is 55.1 Å². The summed E-state index contributed by atoms with van der Waals surface area (Å²) in [5.74, 6) is 2.41. The molecule has 0 aliphatic heterocycles. The summed E-state index contributed by atoms with van der Waals surface area (Å²) in [6, 6.07) is 0. The van der Waals surface area contributed by atoms with Crippen LogP contribution in [0, 0.1) is 23.7 Å². The van der Waals surface area contributed by atoms with E-state index in [2.05, 4.69) is 47.7 Å². The summed E-state index contributed by atoms with van der Waals surface area (Å²) in [6.07, 6.45) is 4.50. The molecular weight excluding hydrogens is 276 g/mol. The molecule has 0 bridgehead atoms. The van der Waals surface area contributed by atoms with Crippen LogP contribution in [0.25, 0.3) is 0 Å². The lowest BCUT2D eigenvalue weighted by Gasteiger charge is -2.39. The number of hydrogen-bond acceptors (Lipinski definition) is 2. The molecule has 21 heavy (non-hydrogen) atoms. The molecule has 0 unspecified atom stereocenters. The Bertz CT molecular complexity index is 397. The first-order chi connectivity index (χ1) is 9.54. The quantitative estimate of drug-likeness (QED) is 0.668. The highest BCUT2D eigenvalue weighted by molar-refractivity contribution is 6.74.